The smallest absolute Gasteiger partial charge is 0.331 e. The number of hydrogen-bond donors (Lipinski definition) is 0. The maximum Gasteiger partial charge on any atom is 0.331 e. The van der Waals surface area contributed by atoms with Gasteiger partial charge in [-0.3, -0.25) is 4.79 Å². The SMILES string of the molecule is CCc1ccc(C(=O)C(Cl)C(=O)OC)cc1. The van der Waals surface area contributed by atoms with Gasteiger partial charge in [0.15, 0.2) is 11.2 Å². The molecule has 0 saturated carbocycles. The van der Waals surface area contributed by atoms with E-state index in [1.807, 2.05) is 19.1 Å². The molecule has 0 saturated heterocycles. The highest BCUT2D eigenvalue weighted by Crippen LogP contribution is 2.11. The van der Waals surface area contributed by atoms with Gasteiger partial charge in [-0.2, -0.15) is 0 Å². The molecular formula is C12H13ClO3. The molecule has 0 aliphatic carbocycles. The third kappa shape index (κ3) is 2.83. The summed E-state index contributed by atoms with van der Waals surface area (Å²) in [6.07, 6.45) is 0.899. The highest BCUT2D eigenvalue weighted by Gasteiger charge is 2.25. The second-order valence-electron chi connectivity index (χ2n) is 3.30. The molecule has 0 fully saturated rings. The van der Waals surface area contributed by atoms with Crippen molar-refractivity contribution in [1.29, 1.82) is 0 Å². The van der Waals surface area contributed by atoms with Crippen LogP contribution < -0.4 is 0 Å². The molecule has 1 rings (SSSR count). The van der Waals surface area contributed by atoms with Crippen LogP contribution in [0.4, 0.5) is 0 Å². The molecule has 0 aliphatic heterocycles. The first-order valence-electron chi connectivity index (χ1n) is 4.95. The molecule has 1 atom stereocenters. The average Bonchev–Trinajstić information content (AvgIpc) is 2.36. The number of carbonyl (C=O) groups is 2. The summed E-state index contributed by atoms with van der Waals surface area (Å²) in [7, 11) is 1.20. The number of alkyl halides is 1. The van der Waals surface area contributed by atoms with Crippen LogP contribution in [-0.4, -0.2) is 24.2 Å². The van der Waals surface area contributed by atoms with E-state index in [9.17, 15) is 9.59 Å². The number of esters is 1. The predicted octanol–water partition coefficient (Wildman–Crippen LogP) is 2.21. The third-order valence-electron chi connectivity index (χ3n) is 2.29. The topological polar surface area (TPSA) is 43.4 Å². The molecular weight excluding hydrogens is 228 g/mol. The Morgan fingerprint density at radius 3 is 2.31 bits per heavy atom. The molecule has 3 nitrogen and oxygen atoms in total. The van der Waals surface area contributed by atoms with E-state index >= 15 is 0 Å². The molecule has 1 aromatic rings. The van der Waals surface area contributed by atoms with Gasteiger partial charge >= 0.3 is 5.97 Å². The Hall–Kier alpha value is -1.35. The molecule has 0 aromatic heterocycles. The lowest BCUT2D eigenvalue weighted by Crippen LogP contribution is -2.25. The van der Waals surface area contributed by atoms with E-state index in [1.165, 1.54) is 7.11 Å². The maximum absolute atomic E-state index is 11.7. The second kappa shape index (κ2) is 5.66. The van der Waals surface area contributed by atoms with Crippen molar-refractivity contribution in [3.05, 3.63) is 35.4 Å². The molecule has 0 amide bonds. The van der Waals surface area contributed by atoms with Gasteiger partial charge < -0.3 is 4.74 Å². The Morgan fingerprint density at radius 1 is 1.31 bits per heavy atom. The minimum atomic E-state index is -1.27. The molecule has 1 unspecified atom stereocenters. The molecule has 0 heterocycles. The van der Waals surface area contributed by atoms with Crippen LogP contribution in [0.3, 0.4) is 0 Å². The predicted molar refractivity (Wildman–Crippen MR) is 61.8 cm³/mol. The van der Waals surface area contributed by atoms with Gasteiger partial charge in [0.05, 0.1) is 7.11 Å². The van der Waals surface area contributed by atoms with Gasteiger partial charge in [-0.05, 0) is 12.0 Å². The lowest BCUT2D eigenvalue weighted by atomic mass is 10.0. The number of carbonyl (C=O) groups excluding carboxylic acids is 2. The molecule has 4 heteroatoms. The van der Waals surface area contributed by atoms with Crippen LogP contribution in [0, 0.1) is 0 Å². The lowest BCUT2D eigenvalue weighted by molar-refractivity contribution is -0.139. The summed E-state index contributed by atoms with van der Waals surface area (Å²) < 4.78 is 4.41. The number of hydrogen-bond acceptors (Lipinski definition) is 3. The van der Waals surface area contributed by atoms with Gasteiger partial charge in [0, 0.05) is 5.56 Å². The van der Waals surface area contributed by atoms with Crippen molar-refractivity contribution in [2.45, 2.75) is 18.7 Å². The first-order chi connectivity index (χ1) is 7.60. The Kier molecular flexibility index (Phi) is 4.50. The van der Waals surface area contributed by atoms with E-state index in [-0.39, 0.29) is 0 Å². The van der Waals surface area contributed by atoms with Crippen LogP contribution in [0.25, 0.3) is 0 Å². The van der Waals surface area contributed by atoms with Gasteiger partial charge in [-0.15, -0.1) is 11.6 Å². The van der Waals surface area contributed by atoms with Gasteiger partial charge in [0.1, 0.15) is 0 Å². The quantitative estimate of drug-likeness (QED) is 0.351. The van der Waals surface area contributed by atoms with E-state index < -0.39 is 17.1 Å². The summed E-state index contributed by atoms with van der Waals surface area (Å²) in [5, 5.41) is -1.27. The van der Waals surface area contributed by atoms with Crippen molar-refractivity contribution in [3.63, 3.8) is 0 Å². The van der Waals surface area contributed by atoms with E-state index in [0.717, 1.165) is 12.0 Å². The number of halogens is 1. The van der Waals surface area contributed by atoms with Crippen LogP contribution in [0.2, 0.25) is 0 Å². The molecule has 16 heavy (non-hydrogen) atoms. The lowest BCUT2D eigenvalue weighted by Gasteiger charge is -2.06. The molecule has 0 radical (unpaired) electrons. The highest BCUT2D eigenvalue weighted by molar-refractivity contribution is 6.43. The third-order valence-corrected chi connectivity index (χ3v) is 2.66. The fourth-order valence-electron chi connectivity index (χ4n) is 1.26. The summed E-state index contributed by atoms with van der Waals surface area (Å²) in [4.78, 5) is 22.8. The highest BCUT2D eigenvalue weighted by atomic mass is 35.5. The van der Waals surface area contributed by atoms with Crippen molar-refractivity contribution < 1.29 is 14.3 Å². The summed E-state index contributed by atoms with van der Waals surface area (Å²) in [5.41, 5.74) is 1.54. The van der Waals surface area contributed by atoms with Crippen molar-refractivity contribution in [3.8, 4) is 0 Å². The van der Waals surface area contributed by atoms with Crippen LogP contribution in [-0.2, 0) is 16.0 Å². The van der Waals surface area contributed by atoms with Crippen molar-refractivity contribution in [1.82, 2.24) is 0 Å². The maximum atomic E-state index is 11.7. The number of aryl methyl sites for hydroxylation is 1. The van der Waals surface area contributed by atoms with Gasteiger partial charge in [-0.25, -0.2) is 4.79 Å². The zero-order valence-corrected chi connectivity index (χ0v) is 9.95. The van der Waals surface area contributed by atoms with Gasteiger partial charge in [-0.1, -0.05) is 31.2 Å². The van der Waals surface area contributed by atoms with E-state index in [0.29, 0.717) is 5.56 Å². The second-order valence-corrected chi connectivity index (χ2v) is 3.74. The summed E-state index contributed by atoms with van der Waals surface area (Å²) in [6, 6.07) is 7.02. The normalized spacial score (nSPS) is 11.9. The standard InChI is InChI=1S/C12H13ClO3/c1-3-8-4-6-9(7-5-8)11(14)10(13)12(15)16-2/h4-7,10H,3H2,1-2H3. The Bertz CT molecular complexity index is 384. The van der Waals surface area contributed by atoms with Crippen molar-refractivity contribution >= 4 is 23.4 Å². The Morgan fingerprint density at radius 2 is 1.88 bits per heavy atom. The van der Waals surface area contributed by atoms with Gasteiger partial charge in [0.2, 0.25) is 0 Å². The number of Topliss-reactive ketones (excluding diaryl/α,β-unsaturated/α-hetero) is 1. The number of benzene rings is 1. The van der Waals surface area contributed by atoms with Crippen LogP contribution >= 0.6 is 11.6 Å². The number of methoxy groups -OCH3 is 1. The molecule has 0 N–H and O–H groups in total. The summed E-state index contributed by atoms with van der Waals surface area (Å²) in [5.74, 6) is -1.16. The average molecular weight is 241 g/mol. The van der Waals surface area contributed by atoms with Crippen LogP contribution in [0.1, 0.15) is 22.8 Å². The minimum Gasteiger partial charge on any atom is -0.468 e. The zero-order valence-electron chi connectivity index (χ0n) is 9.20. The Labute approximate surface area is 99.4 Å². The number of ketones is 1. The molecule has 0 spiro atoms. The zero-order chi connectivity index (χ0) is 12.1. The fourth-order valence-corrected chi connectivity index (χ4v) is 1.48. The summed E-state index contributed by atoms with van der Waals surface area (Å²) >= 11 is 5.67. The van der Waals surface area contributed by atoms with E-state index in [1.54, 1.807) is 12.1 Å². The monoisotopic (exact) mass is 240 g/mol. The summed E-state index contributed by atoms with van der Waals surface area (Å²) in [6.45, 7) is 2.02. The van der Waals surface area contributed by atoms with E-state index in [2.05, 4.69) is 4.74 Å². The first-order valence-corrected chi connectivity index (χ1v) is 5.38. The minimum absolute atomic E-state index is 0.419. The van der Waals surface area contributed by atoms with Crippen LogP contribution in [0.5, 0.6) is 0 Å². The molecule has 86 valence electrons. The fraction of sp³-hybridized carbons (Fsp3) is 0.333. The van der Waals surface area contributed by atoms with E-state index in [4.69, 9.17) is 11.6 Å². The van der Waals surface area contributed by atoms with Crippen molar-refractivity contribution in [2.24, 2.45) is 0 Å². The van der Waals surface area contributed by atoms with Crippen molar-refractivity contribution in [2.75, 3.05) is 7.11 Å². The van der Waals surface area contributed by atoms with Gasteiger partial charge in [0.25, 0.3) is 0 Å². The molecule has 1 aromatic carbocycles. The number of ether oxygens (including phenoxy) is 1. The van der Waals surface area contributed by atoms with Crippen LogP contribution in [0.15, 0.2) is 24.3 Å². The molecule has 0 bridgehead atoms. The Balaban J connectivity index is 2.84. The number of rotatable bonds is 4. The first kappa shape index (κ1) is 12.7. The molecule has 0 aliphatic rings. The largest absolute Gasteiger partial charge is 0.468 e.